The largest absolute Gasteiger partial charge is 0.466 e. The number of ether oxygens (including phenoxy) is 1. The molecule has 4 rings (SSSR count). The zero-order valence-corrected chi connectivity index (χ0v) is 17.6. The van der Waals surface area contributed by atoms with Crippen molar-refractivity contribution < 1.29 is 14.3 Å². The average molecular weight is 426 g/mol. The van der Waals surface area contributed by atoms with E-state index in [0.717, 1.165) is 37.2 Å². The van der Waals surface area contributed by atoms with Crippen molar-refractivity contribution in [3.63, 3.8) is 0 Å². The van der Waals surface area contributed by atoms with Gasteiger partial charge in [0.25, 0.3) is 5.91 Å². The van der Waals surface area contributed by atoms with Crippen LogP contribution in [-0.4, -0.2) is 48.9 Å². The van der Waals surface area contributed by atoms with Crippen LogP contribution in [0.1, 0.15) is 25.3 Å². The number of piperidine rings is 1. The summed E-state index contributed by atoms with van der Waals surface area (Å²) in [5.74, 6) is -0.290. The van der Waals surface area contributed by atoms with E-state index in [1.807, 2.05) is 43.3 Å². The summed E-state index contributed by atoms with van der Waals surface area (Å²) in [6.07, 6.45) is 1.48. The topological polar surface area (TPSA) is 62.2 Å². The minimum Gasteiger partial charge on any atom is -0.466 e. The summed E-state index contributed by atoms with van der Waals surface area (Å²) in [6.45, 7) is 4.20. The first-order chi connectivity index (χ1) is 14.6. The lowest BCUT2D eigenvalue weighted by atomic mass is 9.97. The second kappa shape index (κ2) is 8.98. The number of carbonyl (C=O) groups is 2. The molecular weight excluding hydrogens is 402 g/mol. The quantitative estimate of drug-likeness (QED) is 0.678. The zero-order chi connectivity index (χ0) is 21.1. The molecule has 2 aliphatic rings. The lowest BCUT2D eigenvalue weighted by Crippen LogP contribution is -2.45. The summed E-state index contributed by atoms with van der Waals surface area (Å²) >= 11 is 6.07. The number of hydrogen-bond acceptors (Lipinski definition) is 5. The molecule has 0 N–H and O–H groups in total. The van der Waals surface area contributed by atoms with Crippen molar-refractivity contribution in [3.05, 3.63) is 59.1 Å². The van der Waals surface area contributed by atoms with Crippen molar-refractivity contribution in [1.82, 2.24) is 4.90 Å². The van der Waals surface area contributed by atoms with Crippen LogP contribution in [0.2, 0.25) is 5.02 Å². The highest BCUT2D eigenvalue weighted by molar-refractivity contribution is 6.54. The van der Waals surface area contributed by atoms with Crippen molar-refractivity contribution in [2.45, 2.75) is 19.8 Å². The van der Waals surface area contributed by atoms with E-state index in [-0.39, 0.29) is 17.8 Å². The van der Waals surface area contributed by atoms with Gasteiger partial charge in [0.05, 0.1) is 30.6 Å². The monoisotopic (exact) mass is 425 g/mol. The van der Waals surface area contributed by atoms with Crippen LogP contribution in [0.25, 0.3) is 0 Å². The minimum atomic E-state index is -0.122. The standard InChI is InChI=1S/C23H24ClN3O3/c1-2-30-23(29)16-10-12-26(13-11-16)15-27-20-9-4-3-8-19(20)21(22(27)28)25-18-7-5-6-17(24)14-18/h3-9,14,16H,2,10-13,15H2,1H3. The maximum Gasteiger partial charge on any atom is 0.309 e. The molecule has 1 amide bonds. The number of esters is 1. The number of rotatable bonds is 5. The Morgan fingerprint density at radius 2 is 1.93 bits per heavy atom. The van der Waals surface area contributed by atoms with Crippen molar-refractivity contribution in [1.29, 1.82) is 0 Å². The zero-order valence-electron chi connectivity index (χ0n) is 16.9. The Morgan fingerprint density at radius 1 is 1.17 bits per heavy atom. The van der Waals surface area contributed by atoms with Crippen molar-refractivity contribution in [2.75, 3.05) is 31.3 Å². The first kappa shape index (κ1) is 20.6. The number of para-hydroxylation sites is 1. The smallest absolute Gasteiger partial charge is 0.309 e. The number of carbonyl (C=O) groups excluding carboxylic acids is 2. The second-order valence-electron chi connectivity index (χ2n) is 7.48. The van der Waals surface area contributed by atoms with E-state index in [2.05, 4.69) is 9.89 Å². The highest BCUT2D eigenvalue weighted by atomic mass is 35.5. The van der Waals surface area contributed by atoms with Crippen LogP contribution in [0.4, 0.5) is 11.4 Å². The Labute approximate surface area is 181 Å². The lowest BCUT2D eigenvalue weighted by Gasteiger charge is -2.33. The van der Waals surface area contributed by atoms with Crippen LogP contribution < -0.4 is 4.90 Å². The van der Waals surface area contributed by atoms with E-state index < -0.39 is 0 Å². The van der Waals surface area contributed by atoms with E-state index in [1.165, 1.54) is 0 Å². The number of halogens is 1. The van der Waals surface area contributed by atoms with Crippen LogP contribution in [0.3, 0.4) is 0 Å². The van der Waals surface area contributed by atoms with E-state index >= 15 is 0 Å². The maximum atomic E-state index is 13.2. The van der Waals surface area contributed by atoms with Crippen molar-refractivity contribution in [2.24, 2.45) is 10.9 Å². The molecule has 2 aliphatic heterocycles. The van der Waals surface area contributed by atoms with Gasteiger partial charge in [-0.3, -0.25) is 19.4 Å². The predicted molar refractivity (Wildman–Crippen MR) is 117 cm³/mol. The van der Waals surface area contributed by atoms with Gasteiger partial charge < -0.3 is 4.74 Å². The second-order valence-corrected chi connectivity index (χ2v) is 7.91. The molecule has 1 fully saturated rings. The summed E-state index contributed by atoms with van der Waals surface area (Å²) in [6, 6.07) is 14.9. The van der Waals surface area contributed by atoms with Gasteiger partial charge in [0.15, 0.2) is 0 Å². The predicted octanol–water partition coefficient (Wildman–Crippen LogP) is 4.04. The molecule has 0 aromatic heterocycles. The van der Waals surface area contributed by atoms with Crippen LogP contribution >= 0.6 is 11.6 Å². The van der Waals surface area contributed by atoms with E-state index in [9.17, 15) is 9.59 Å². The molecule has 156 valence electrons. The SMILES string of the molecule is CCOC(=O)C1CCN(CN2C(=O)C(=Nc3cccc(Cl)c3)c3ccccc32)CC1. The molecule has 2 aromatic rings. The van der Waals surface area contributed by atoms with Gasteiger partial charge in [0.1, 0.15) is 5.71 Å². The van der Waals surface area contributed by atoms with Gasteiger partial charge in [-0.05, 0) is 44.0 Å². The number of benzene rings is 2. The molecule has 2 heterocycles. The number of amides is 1. The molecule has 2 aromatic carbocycles. The minimum absolute atomic E-state index is 0.0530. The fourth-order valence-electron chi connectivity index (χ4n) is 3.96. The summed E-state index contributed by atoms with van der Waals surface area (Å²) in [5.41, 5.74) is 2.76. The van der Waals surface area contributed by atoms with Gasteiger partial charge in [-0.15, -0.1) is 0 Å². The molecule has 0 atom stereocenters. The third-order valence-corrected chi connectivity index (χ3v) is 5.73. The van der Waals surface area contributed by atoms with Crippen LogP contribution in [0.5, 0.6) is 0 Å². The summed E-state index contributed by atoms with van der Waals surface area (Å²) in [4.78, 5) is 33.8. The number of likely N-dealkylation sites (tertiary alicyclic amines) is 1. The number of nitrogens with zero attached hydrogens (tertiary/aromatic N) is 3. The Bertz CT molecular complexity index is 983. The molecule has 0 bridgehead atoms. The normalized spacial score (nSPS) is 18.7. The highest BCUT2D eigenvalue weighted by Gasteiger charge is 2.36. The fourth-order valence-corrected chi connectivity index (χ4v) is 4.14. The molecule has 30 heavy (non-hydrogen) atoms. The molecular formula is C23H24ClN3O3. The highest BCUT2D eigenvalue weighted by Crippen LogP contribution is 2.32. The van der Waals surface area contributed by atoms with Gasteiger partial charge in [-0.1, -0.05) is 35.9 Å². The van der Waals surface area contributed by atoms with Crippen LogP contribution in [0, 0.1) is 5.92 Å². The van der Waals surface area contributed by atoms with E-state index in [0.29, 0.717) is 29.7 Å². The molecule has 1 saturated heterocycles. The third kappa shape index (κ3) is 4.25. The van der Waals surface area contributed by atoms with E-state index in [1.54, 1.807) is 17.0 Å². The summed E-state index contributed by atoms with van der Waals surface area (Å²) < 4.78 is 5.15. The van der Waals surface area contributed by atoms with Gasteiger partial charge in [0.2, 0.25) is 0 Å². The Hall–Kier alpha value is -2.70. The third-order valence-electron chi connectivity index (χ3n) is 5.50. The molecule has 6 nitrogen and oxygen atoms in total. The molecule has 7 heteroatoms. The van der Waals surface area contributed by atoms with Gasteiger partial charge in [-0.2, -0.15) is 0 Å². The number of anilines is 1. The molecule has 0 aliphatic carbocycles. The van der Waals surface area contributed by atoms with Crippen molar-refractivity contribution in [3.8, 4) is 0 Å². The molecule has 0 saturated carbocycles. The van der Waals surface area contributed by atoms with Crippen molar-refractivity contribution >= 4 is 40.6 Å². The average Bonchev–Trinajstić information content (AvgIpc) is 3.00. The number of fused-ring (bicyclic) bond motifs is 1. The number of aliphatic imine (C=N–C) groups is 1. The molecule has 0 spiro atoms. The van der Waals surface area contributed by atoms with Gasteiger partial charge in [0, 0.05) is 23.7 Å². The van der Waals surface area contributed by atoms with Crippen LogP contribution in [-0.2, 0) is 14.3 Å². The van der Waals surface area contributed by atoms with Gasteiger partial charge >= 0.3 is 5.97 Å². The Balaban J connectivity index is 1.51. The summed E-state index contributed by atoms with van der Waals surface area (Å²) in [5, 5.41) is 0.580. The van der Waals surface area contributed by atoms with Gasteiger partial charge in [-0.25, -0.2) is 4.99 Å². The number of hydrogen-bond donors (Lipinski definition) is 0. The first-order valence-corrected chi connectivity index (χ1v) is 10.6. The van der Waals surface area contributed by atoms with Crippen LogP contribution in [0.15, 0.2) is 53.5 Å². The fraction of sp³-hybridized carbons (Fsp3) is 0.348. The Kier molecular flexibility index (Phi) is 6.16. The summed E-state index contributed by atoms with van der Waals surface area (Å²) in [7, 11) is 0. The molecule has 0 radical (unpaired) electrons. The van der Waals surface area contributed by atoms with E-state index in [4.69, 9.17) is 16.3 Å². The Morgan fingerprint density at radius 3 is 2.67 bits per heavy atom. The first-order valence-electron chi connectivity index (χ1n) is 10.2. The maximum absolute atomic E-state index is 13.2. The molecule has 0 unspecified atom stereocenters. The lowest BCUT2D eigenvalue weighted by molar-refractivity contribution is -0.149.